The van der Waals surface area contributed by atoms with Crippen LogP contribution in [0.2, 0.25) is 0 Å². The van der Waals surface area contributed by atoms with Crippen LogP contribution >= 0.6 is 0 Å². The molecule has 1 aromatic carbocycles. The first-order valence-electron chi connectivity index (χ1n) is 7.57. The average Bonchev–Trinajstić information content (AvgIpc) is 2.94. The van der Waals surface area contributed by atoms with Gasteiger partial charge >= 0.3 is 5.97 Å². The normalized spacial score (nSPS) is 10.1. The Labute approximate surface area is 148 Å². The summed E-state index contributed by atoms with van der Waals surface area (Å²) in [6, 6.07) is 6.78. The number of halogens is 1. The number of ether oxygens (including phenoxy) is 1. The third-order valence-electron chi connectivity index (χ3n) is 3.58. The van der Waals surface area contributed by atoms with Gasteiger partial charge in [0.25, 0.3) is 0 Å². The minimum Gasteiger partial charge on any atom is -0.465 e. The fraction of sp³-hybridized carbons (Fsp3) is 0.222. The summed E-state index contributed by atoms with van der Waals surface area (Å²) in [5, 5.41) is 11.6. The monoisotopic (exact) mass is 358 g/mol. The maximum Gasteiger partial charge on any atom is 0.342 e. The van der Waals surface area contributed by atoms with Gasteiger partial charge in [-0.2, -0.15) is 5.26 Å². The number of nitrogens with one attached hydrogen (secondary N) is 1. The number of hydrogen-bond acceptors (Lipinski definition) is 6. The Kier molecular flexibility index (Phi) is 5.86. The number of hydrogen-bond donors (Lipinski definition) is 1. The highest BCUT2D eigenvalue weighted by Crippen LogP contribution is 2.27. The highest BCUT2D eigenvalue weighted by molar-refractivity contribution is 6.01. The van der Waals surface area contributed by atoms with Crippen molar-refractivity contribution >= 4 is 23.5 Å². The summed E-state index contributed by atoms with van der Waals surface area (Å²) in [4.78, 5) is 35.7. The zero-order valence-corrected chi connectivity index (χ0v) is 14.1. The summed E-state index contributed by atoms with van der Waals surface area (Å²) in [6.45, 7) is 1.46. The maximum absolute atomic E-state index is 12.8. The van der Waals surface area contributed by atoms with E-state index in [0.717, 1.165) is 19.2 Å². The number of amides is 1. The van der Waals surface area contributed by atoms with Crippen molar-refractivity contribution in [1.82, 2.24) is 0 Å². The van der Waals surface area contributed by atoms with Crippen molar-refractivity contribution in [3.63, 3.8) is 0 Å². The molecule has 1 N–H and O–H groups in total. The van der Waals surface area contributed by atoms with Crippen LogP contribution in [0.1, 0.15) is 44.9 Å². The Balaban J connectivity index is 2.04. The molecule has 2 rings (SSSR count). The van der Waals surface area contributed by atoms with Crippen molar-refractivity contribution in [3.05, 3.63) is 52.5 Å². The Morgan fingerprint density at radius 2 is 1.88 bits per heavy atom. The second-order valence-corrected chi connectivity index (χ2v) is 5.32. The van der Waals surface area contributed by atoms with Crippen LogP contribution in [-0.2, 0) is 9.53 Å². The number of esters is 1. The molecule has 0 fully saturated rings. The third-order valence-corrected chi connectivity index (χ3v) is 3.58. The average molecular weight is 358 g/mol. The van der Waals surface area contributed by atoms with Gasteiger partial charge in [0.05, 0.1) is 7.11 Å². The van der Waals surface area contributed by atoms with E-state index in [1.54, 1.807) is 6.07 Å². The number of rotatable bonds is 6. The molecule has 0 radical (unpaired) electrons. The number of furan rings is 1. The molecule has 0 saturated heterocycles. The molecule has 7 nitrogen and oxygen atoms in total. The van der Waals surface area contributed by atoms with E-state index in [1.807, 2.05) is 0 Å². The standard InChI is InChI=1S/C18H15FN2O5/c1-10-16(18(24)25-2)13(9-20)17(26-10)21-15(23)8-7-14(22)11-3-5-12(19)6-4-11/h3-6H,7-8H2,1-2H3,(H,21,23). The summed E-state index contributed by atoms with van der Waals surface area (Å²) in [5.74, 6) is -2.16. The fourth-order valence-corrected chi connectivity index (χ4v) is 2.28. The van der Waals surface area contributed by atoms with Crippen LogP contribution in [0.4, 0.5) is 10.3 Å². The minimum atomic E-state index is -0.755. The zero-order valence-electron chi connectivity index (χ0n) is 14.1. The van der Waals surface area contributed by atoms with Gasteiger partial charge in [0.15, 0.2) is 5.78 Å². The number of aryl methyl sites for hydroxylation is 1. The Morgan fingerprint density at radius 3 is 2.46 bits per heavy atom. The first kappa shape index (κ1) is 18.9. The van der Waals surface area contributed by atoms with Crippen LogP contribution in [0.25, 0.3) is 0 Å². The molecule has 0 bridgehead atoms. The molecule has 0 aliphatic rings. The number of carbonyl (C=O) groups is 3. The lowest BCUT2D eigenvalue weighted by Gasteiger charge is -2.03. The molecule has 134 valence electrons. The summed E-state index contributed by atoms with van der Waals surface area (Å²) < 4.78 is 22.7. The van der Waals surface area contributed by atoms with Gasteiger partial charge in [0, 0.05) is 18.4 Å². The van der Waals surface area contributed by atoms with Gasteiger partial charge in [-0.05, 0) is 31.2 Å². The molecule has 8 heteroatoms. The van der Waals surface area contributed by atoms with Crippen molar-refractivity contribution in [2.24, 2.45) is 0 Å². The number of benzene rings is 1. The van der Waals surface area contributed by atoms with Gasteiger partial charge in [-0.15, -0.1) is 0 Å². The van der Waals surface area contributed by atoms with E-state index in [0.29, 0.717) is 5.56 Å². The van der Waals surface area contributed by atoms with E-state index >= 15 is 0 Å². The van der Waals surface area contributed by atoms with Crippen molar-refractivity contribution in [3.8, 4) is 6.07 Å². The van der Waals surface area contributed by atoms with Crippen LogP contribution in [0, 0.1) is 24.1 Å². The van der Waals surface area contributed by atoms with Gasteiger partial charge in [-0.1, -0.05) is 0 Å². The first-order valence-corrected chi connectivity index (χ1v) is 7.57. The van der Waals surface area contributed by atoms with Crippen LogP contribution in [0.5, 0.6) is 0 Å². The lowest BCUT2D eigenvalue weighted by atomic mass is 10.1. The van der Waals surface area contributed by atoms with Crippen molar-refractivity contribution in [1.29, 1.82) is 5.26 Å². The SMILES string of the molecule is COC(=O)c1c(C)oc(NC(=O)CCC(=O)c2ccc(F)cc2)c1C#N. The van der Waals surface area contributed by atoms with Crippen LogP contribution in [-0.4, -0.2) is 24.8 Å². The molecule has 0 aliphatic carbocycles. The second-order valence-electron chi connectivity index (χ2n) is 5.32. The van der Waals surface area contributed by atoms with E-state index in [4.69, 9.17) is 4.42 Å². The van der Waals surface area contributed by atoms with Crippen LogP contribution in [0.3, 0.4) is 0 Å². The molecule has 2 aromatic rings. The highest BCUT2D eigenvalue weighted by Gasteiger charge is 2.25. The van der Waals surface area contributed by atoms with Gasteiger partial charge in [0.2, 0.25) is 11.8 Å². The van der Waals surface area contributed by atoms with Gasteiger partial charge in [-0.3, -0.25) is 14.9 Å². The molecule has 0 aliphatic heterocycles. The van der Waals surface area contributed by atoms with E-state index in [1.165, 1.54) is 19.1 Å². The molecule has 26 heavy (non-hydrogen) atoms. The van der Waals surface area contributed by atoms with E-state index < -0.39 is 17.7 Å². The van der Waals surface area contributed by atoms with Crippen LogP contribution in [0.15, 0.2) is 28.7 Å². The molecular formula is C18H15FN2O5. The third kappa shape index (κ3) is 4.13. The van der Waals surface area contributed by atoms with Gasteiger partial charge < -0.3 is 9.15 Å². The van der Waals surface area contributed by atoms with Crippen molar-refractivity contribution in [2.75, 3.05) is 12.4 Å². The number of carbonyl (C=O) groups excluding carboxylic acids is 3. The van der Waals surface area contributed by atoms with Crippen molar-refractivity contribution in [2.45, 2.75) is 19.8 Å². The molecular weight excluding hydrogens is 343 g/mol. The summed E-state index contributed by atoms with van der Waals surface area (Å²) in [5.41, 5.74) is 0.0824. The first-order chi connectivity index (χ1) is 12.4. The smallest absolute Gasteiger partial charge is 0.342 e. The Bertz CT molecular complexity index is 894. The van der Waals surface area contributed by atoms with E-state index in [9.17, 15) is 24.0 Å². The molecule has 0 saturated carbocycles. The zero-order chi connectivity index (χ0) is 19.3. The number of ketones is 1. The molecule has 1 heterocycles. The minimum absolute atomic E-state index is 0.0623. The van der Waals surface area contributed by atoms with Crippen molar-refractivity contribution < 1.29 is 27.9 Å². The van der Waals surface area contributed by atoms with Gasteiger partial charge in [0.1, 0.15) is 28.8 Å². The fourth-order valence-electron chi connectivity index (χ4n) is 2.28. The molecule has 1 amide bonds. The van der Waals surface area contributed by atoms with E-state index in [2.05, 4.69) is 10.1 Å². The predicted molar refractivity (Wildman–Crippen MR) is 88.1 cm³/mol. The van der Waals surface area contributed by atoms with Crippen LogP contribution < -0.4 is 5.32 Å². The number of methoxy groups -OCH3 is 1. The Morgan fingerprint density at radius 1 is 1.23 bits per heavy atom. The topological polar surface area (TPSA) is 109 Å². The second kappa shape index (κ2) is 8.07. The lowest BCUT2D eigenvalue weighted by Crippen LogP contribution is -2.14. The summed E-state index contributed by atoms with van der Waals surface area (Å²) in [7, 11) is 1.16. The molecule has 1 aromatic heterocycles. The van der Waals surface area contributed by atoms with E-state index in [-0.39, 0.29) is 41.4 Å². The van der Waals surface area contributed by atoms with Gasteiger partial charge in [-0.25, -0.2) is 9.18 Å². The quantitative estimate of drug-likeness (QED) is 0.628. The summed E-state index contributed by atoms with van der Waals surface area (Å²) in [6.07, 6.45) is -0.280. The lowest BCUT2D eigenvalue weighted by molar-refractivity contribution is -0.116. The molecule has 0 unspecified atom stereocenters. The number of anilines is 1. The molecule has 0 spiro atoms. The highest BCUT2D eigenvalue weighted by atomic mass is 19.1. The number of nitrogens with zero attached hydrogens (tertiary/aromatic N) is 1. The summed E-state index contributed by atoms with van der Waals surface area (Å²) >= 11 is 0. The maximum atomic E-state index is 12.8. The Hall–Kier alpha value is -3.47. The largest absolute Gasteiger partial charge is 0.465 e. The number of Topliss-reactive ketones (excluding diaryl/α,β-unsaturated/α-hetero) is 1. The predicted octanol–water partition coefficient (Wildman–Crippen LogP) is 2.99. The number of nitriles is 1. The molecule has 0 atom stereocenters.